The number of ether oxygens (including phenoxy) is 2. The summed E-state index contributed by atoms with van der Waals surface area (Å²) in [5.41, 5.74) is 5.94. The van der Waals surface area contributed by atoms with Crippen LogP contribution in [0.3, 0.4) is 0 Å². The monoisotopic (exact) mass is 1080 g/mol. The molecule has 1 saturated heterocycles. The molecule has 7 atom stereocenters. The topological polar surface area (TPSA) is 390 Å². The van der Waals surface area contributed by atoms with Crippen LogP contribution >= 0.6 is 23.5 Å². The number of aliphatic hydroxyl groups is 2. The summed E-state index contributed by atoms with van der Waals surface area (Å²) in [6.45, 7) is 4.63. The maximum absolute atomic E-state index is 13.1. The number of nitrogens with one attached hydrogen (secondary N) is 2. The number of unbranched alkanes of at least 4 members (excludes halogenated alkanes) is 2. The fourth-order valence-electron chi connectivity index (χ4n) is 8.01. The van der Waals surface area contributed by atoms with Crippen LogP contribution in [0.5, 0.6) is 0 Å². The van der Waals surface area contributed by atoms with Gasteiger partial charge >= 0.3 is 23.5 Å². The second kappa shape index (κ2) is 25.0. The zero-order valence-corrected chi connectivity index (χ0v) is 43.1. The van der Waals surface area contributed by atoms with Gasteiger partial charge in [-0.2, -0.15) is 4.31 Å². The van der Waals surface area contributed by atoms with Crippen molar-refractivity contribution in [3.63, 3.8) is 0 Å². The predicted molar refractivity (Wildman–Crippen MR) is 254 cm³/mol. The summed E-state index contributed by atoms with van der Waals surface area (Å²) in [7, 11) is -16.5. The lowest BCUT2D eigenvalue weighted by Gasteiger charge is -2.30. The highest BCUT2D eigenvalue weighted by molar-refractivity contribution is 7.61. The minimum Gasteiger partial charge on any atom is -0.461 e. The van der Waals surface area contributed by atoms with Crippen molar-refractivity contribution in [2.75, 3.05) is 32.0 Å². The zero-order valence-electron chi connectivity index (χ0n) is 40.4. The highest BCUT2D eigenvalue weighted by Crippen LogP contribution is 2.61. The number of fused-ring (bicyclic) bond motifs is 1. The lowest BCUT2D eigenvalue weighted by molar-refractivity contribution is -0.137. The normalized spacial score (nSPS) is 21.1. The first-order valence-corrected chi connectivity index (χ1v) is 27.8. The molecule has 1 aromatic carbocycles. The number of ketones is 1. The first-order valence-electron chi connectivity index (χ1n) is 23.3. The van der Waals surface area contributed by atoms with Gasteiger partial charge in [-0.05, 0) is 68.9 Å². The number of nitrogens with zero attached hydrogens (tertiary/aromatic N) is 4. The van der Waals surface area contributed by atoms with Gasteiger partial charge in [-0.3, -0.25) is 37.3 Å². The van der Waals surface area contributed by atoms with Crippen molar-refractivity contribution in [1.29, 1.82) is 0 Å². The molecule has 1 aliphatic carbocycles. The second-order valence-corrected chi connectivity index (χ2v) is 23.5. The molecule has 10 N–H and O–H groups in total. The number of anilines is 1. The Morgan fingerprint density at radius 1 is 0.944 bits per heavy atom. The average molecular weight is 1080 g/mol. The Kier molecular flexibility index (Phi) is 20.4. The van der Waals surface area contributed by atoms with Gasteiger partial charge in [0.2, 0.25) is 11.8 Å². The lowest BCUT2D eigenvalue weighted by Crippen LogP contribution is -2.46. The SMILES string of the molecule is CC(C)(CCCCc1cccc(CCCCC2(OC=O)CC2)c1)C(=O)CCNC(=O)CCNC(=O)C(O)C(C)(C)COP(=O)(O)OP(=O)(O)OCC1OC(n2cnc3c(N)ncnc32)C(O)C1OP(=O)(O)O. The van der Waals surface area contributed by atoms with E-state index < -0.39 is 90.0 Å². The molecule has 3 heterocycles. The number of phosphoric ester groups is 3. The highest BCUT2D eigenvalue weighted by Gasteiger charge is 2.50. The second-order valence-electron chi connectivity index (χ2n) is 19.3. The quantitative estimate of drug-likeness (QED) is 0.0246. The smallest absolute Gasteiger partial charge is 0.461 e. The van der Waals surface area contributed by atoms with Crippen LogP contribution in [0.1, 0.15) is 109 Å². The number of benzene rings is 1. The number of amides is 2. The summed E-state index contributed by atoms with van der Waals surface area (Å²) < 4.78 is 67.8. The van der Waals surface area contributed by atoms with E-state index in [1.54, 1.807) is 0 Å². The molecule has 0 bridgehead atoms. The third kappa shape index (κ3) is 17.5. The van der Waals surface area contributed by atoms with E-state index in [-0.39, 0.29) is 54.3 Å². The van der Waals surface area contributed by atoms with Crippen LogP contribution in [0.15, 0.2) is 36.9 Å². The Balaban J connectivity index is 0.969. The number of hydrogen-bond donors (Lipinski definition) is 9. The van der Waals surface area contributed by atoms with Crippen molar-refractivity contribution in [2.45, 2.75) is 141 Å². The number of carbonyl (C=O) groups excluding carboxylic acids is 4. The van der Waals surface area contributed by atoms with Crippen LogP contribution in [0.25, 0.3) is 11.2 Å². The molecule has 2 aromatic heterocycles. The number of aromatic nitrogens is 4. The maximum Gasteiger partial charge on any atom is 0.481 e. The molecule has 29 heteroatoms. The molecule has 26 nitrogen and oxygen atoms in total. The Bertz CT molecular complexity index is 2500. The third-order valence-electron chi connectivity index (χ3n) is 12.5. The summed E-state index contributed by atoms with van der Waals surface area (Å²) in [6, 6.07) is 8.52. The Labute approximate surface area is 415 Å². The fraction of sp³-hybridized carbons (Fsp3) is 0.651. The Morgan fingerprint density at radius 2 is 1.60 bits per heavy atom. The first kappa shape index (κ1) is 58.8. The van der Waals surface area contributed by atoms with Crippen LogP contribution in [0.2, 0.25) is 0 Å². The van der Waals surface area contributed by atoms with Crippen LogP contribution in [0.4, 0.5) is 5.82 Å². The van der Waals surface area contributed by atoms with Gasteiger partial charge < -0.3 is 55.6 Å². The van der Waals surface area contributed by atoms with Crippen molar-refractivity contribution >= 4 is 64.5 Å². The lowest BCUT2D eigenvalue weighted by atomic mass is 9.81. The molecule has 2 amide bonds. The third-order valence-corrected chi connectivity index (χ3v) is 15.6. The zero-order chi connectivity index (χ0) is 53.1. The number of carbonyl (C=O) groups is 4. The van der Waals surface area contributed by atoms with Gasteiger partial charge in [-0.1, -0.05) is 58.4 Å². The molecule has 5 rings (SSSR count). The standard InChI is InChI=1S/C43H66N7O19P3/c1-41(2,16-7-5-10-28-12-9-13-29(22-28)11-6-8-17-43(18-19-43)64-27-51)31(52)14-20-45-32(53)15-21-46-39(56)36(55)42(3,4)24-66-72(62,63)69-71(60,61)65-23-30-35(68-70(57,58)59)34(54)40(67-30)50-26-49-33-37(44)47-25-48-38(33)50/h9,12-13,22,25-27,30,34-36,40,54-55H,5-8,10-11,14-21,23-24H2,1-4H3,(H,45,53)(H,46,56)(H,60,61)(H,62,63)(H2,44,47,48)(H2,57,58,59). The number of aliphatic hydroxyl groups excluding tert-OH is 2. The first-order chi connectivity index (χ1) is 33.7. The number of phosphoric acid groups is 3. The van der Waals surface area contributed by atoms with Crippen molar-refractivity contribution < 1.29 is 90.0 Å². The fourth-order valence-corrected chi connectivity index (χ4v) is 10.8. The molecule has 2 fully saturated rings. The van der Waals surface area contributed by atoms with Crippen molar-refractivity contribution in [2.24, 2.45) is 10.8 Å². The number of nitrogen functional groups attached to an aromatic ring is 1. The van der Waals surface area contributed by atoms with Gasteiger partial charge in [0.15, 0.2) is 17.7 Å². The van der Waals surface area contributed by atoms with E-state index in [4.69, 9.17) is 24.3 Å². The Morgan fingerprint density at radius 3 is 2.25 bits per heavy atom. The molecule has 7 unspecified atom stereocenters. The minimum absolute atomic E-state index is 0.00869. The number of nitrogens with two attached hydrogens (primary N) is 1. The predicted octanol–water partition coefficient (Wildman–Crippen LogP) is 3.22. The summed E-state index contributed by atoms with van der Waals surface area (Å²) >= 11 is 0. The van der Waals surface area contributed by atoms with Crippen LogP contribution < -0.4 is 16.4 Å². The van der Waals surface area contributed by atoms with E-state index in [0.29, 0.717) is 12.9 Å². The molecular formula is C43H66N7O19P3. The average Bonchev–Trinajstić information content (AvgIpc) is 3.82. The Hall–Kier alpha value is -4.10. The van der Waals surface area contributed by atoms with Gasteiger partial charge in [0.25, 0.3) is 6.47 Å². The number of imidazole rings is 1. The van der Waals surface area contributed by atoms with Crippen molar-refractivity contribution in [1.82, 2.24) is 30.2 Å². The summed E-state index contributed by atoms with van der Waals surface area (Å²) in [4.78, 5) is 100. The molecule has 3 aromatic rings. The highest BCUT2D eigenvalue weighted by atomic mass is 31.3. The van der Waals surface area contributed by atoms with E-state index in [2.05, 4.69) is 58.7 Å². The molecule has 0 radical (unpaired) electrons. The largest absolute Gasteiger partial charge is 0.481 e. The van der Waals surface area contributed by atoms with E-state index >= 15 is 0 Å². The number of rotatable bonds is 32. The maximum atomic E-state index is 13.1. The summed E-state index contributed by atoms with van der Waals surface area (Å²) in [5, 5.41) is 26.7. The number of aryl methyl sites for hydroxylation is 2. The van der Waals surface area contributed by atoms with Gasteiger partial charge in [0.1, 0.15) is 47.6 Å². The molecule has 2 aliphatic rings. The summed E-state index contributed by atoms with van der Waals surface area (Å²) in [5.74, 6) is -1.52. The van der Waals surface area contributed by atoms with E-state index in [1.165, 1.54) is 25.0 Å². The summed E-state index contributed by atoms with van der Waals surface area (Å²) in [6.07, 6.45) is 2.15. The van der Waals surface area contributed by atoms with Crippen LogP contribution in [-0.2, 0) is 73.1 Å². The molecular weight excluding hydrogens is 1010 g/mol. The van der Waals surface area contributed by atoms with Crippen molar-refractivity contribution in [3.8, 4) is 0 Å². The van der Waals surface area contributed by atoms with E-state index in [1.807, 2.05) is 13.8 Å². The van der Waals surface area contributed by atoms with Gasteiger partial charge in [-0.15, -0.1) is 0 Å². The van der Waals surface area contributed by atoms with Gasteiger partial charge in [-0.25, -0.2) is 28.6 Å². The van der Waals surface area contributed by atoms with Gasteiger partial charge in [0.05, 0.1) is 19.5 Å². The van der Waals surface area contributed by atoms with Crippen LogP contribution in [-0.4, -0.2) is 130 Å². The van der Waals surface area contributed by atoms with Crippen LogP contribution in [0, 0.1) is 10.8 Å². The molecule has 1 aliphatic heterocycles. The van der Waals surface area contributed by atoms with E-state index in [9.17, 15) is 62.7 Å². The van der Waals surface area contributed by atoms with Crippen molar-refractivity contribution in [3.05, 3.63) is 48.0 Å². The molecule has 0 spiro atoms. The minimum atomic E-state index is -5.60. The van der Waals surface area contributed by atoms with Gasteiger partial charge in [0, 0.05) is 36.8 Å². The molecule has 72 heavy (non-hydrogen) atoms. The number of Topliss-reactive ketones (excluding diaryl/α,β-unsaturated/α-hetero) is 1. The molecule has 402 valence electrons. The molecule has 1 saturated carbocycles. The number of hydrogen-bond acceptors (Lipinski definition) is 19. The van der Waals surface area contributed by atoms with E-state index in [0.717, 1.165) is 75.0 Å².